The summed E-state index contributed by atoms with van der Waals surface area (Å²) in [5.41, 5.74) is 0. The maximum absolute atomic E-state index is 8.79. The molecule has 2 N–H and O–H groups in total. The van der Waals surface area contributed by atoms with Crippen LogP contribution in [0.2, 0.25) is 0 Å². The fraction of sp³-hybridized carbons (Fsp3) is 0.889. The van der Waals surface area contributed by atoms with Crippen molar-refractivity contribution in [2.24, 2.45) is 5.92 Å². The zero-order chi connectivity index (χ0) is 10.1. The first-order valence-electron chi connectivity index (χ1n) is 4.49. The molecule has 0 bridgehead atoms. The van der Waals surface area contributed by atoms with Gasteiger partial charge in [0.1, 0.15) is 6.04 Å². The fourth-order valence-electron chi connectivity index (χ4n) is 1.07. The number of nitrogens with zero attached hydrogens (tertiary/aromatic N) is 1. The zero-order valence-electron chi connectivity index (χ0n) is 8.29. The summed E-state index contributed by atoms with van der Waals surface area (Å²) in [6, 6.07) is 1.98. The second-order valence-corrected chi connectivity index (χ2v) is 3.07. The van der Waals surface area contributed by atoms with Crippen molar-refractivity contribution in [3.05, 3.63) is 0 Å². The molecule has 0 heterocycles. The number of nitrogens with one attached hydrogen (secondary N) is 1. The highest BCUT2D eigenvalue weighted by Gasteiger charge is 2.14. The van der Waals surface area contributed by atoms with Crippen LogP contribution in [0.5, 0.6) is 0 Å². The minimum absolute atomic E-state index is 0.157. The number of nitriles is 1. The van der Waals surface area contributed by atoms with Crippen LogP contribution >= 0.6 is 0 Å². The van der Waals surface area contributed by atoms with Gasteiger partial charge in [0.2, 0.25) is 0 Å². The number of aliphatic hydroxyl groups is 1. The van der Waals surface area contributed by atoms with Crippen LogP contribution in [0.25, 0.3) is 0 Å². The third-order valence-electron chi connectivity index (χ3n) is 1.84. The Kier molecular flexibility index (Phi) is 7.60. The van der Waals surface area contributed by atoms with Crippen LogP contribution in [-0.2, 0) is 4.74 Å². The summed E-state index contributed by atoms with van der Waals surface area (Å²) in [6.07, 6.45) is 0.678. The first kappa shape index (κ1) is 12.4. The molecule has 4 heteroatoms. The first-order chi connectivity index (χ1) is 6.26. The van der Waals surface area contributed by atoms with E-state index in [9.17, 15) is 0 Å². The van der Waals surface area contributed by atoms with Gasteiger partial charge in [-0.15, -0.1) is 0 Å². The van der Waals surface area contributed by atoms with Gasteiger partial charge in [0, 0.05) is 19.6 Å². The van der Waals surface area contributed by atoms with Crippen LogP contribution in [0.15, 0.2) is 0 Å². The molecule has 4 nitrogen and oxygen atoms in total. The van der Waals surface area contributed by atoms with Crippen molar-refractivity contribution >= 4 is 0 Å². The fourth-order valence-corrected chi connectivity index (χ4v) is 1.07. The monoisotopic (exact) mass is 186 g/mol. The number of methoxy groups -OCH3 is 1. The Morgan fingerprint density at radius 1 is 1.62 bits per heavy atom. The van der Waals surface area contributed by atoms with Crippen molar-refractivity contribution < 1.29 is 9.84 Å². The van der Waals surface area contributed by atoms with Crippen molar-refractivity contribution in [1.82, 2.24) is 5.32 Å². The zero-order valence-corrected chi connectivity index (χ0v) is 8.29. The van der Waals surface area contributed by atoms with Gasteiger partial charge in [0.15, 0.2) is 0 Å². The van der Waals surface area contributed by atoms with Gasteiger partial charge in [0.25, 0.3) is 0 Å². The molecule has 0 rings (SSSR count). The van der Waals surface area contributed by atoms with Crippen LogP contribution in [0.1, 0.15) is 13.3 Å². The molecule has 0 aliphatic rings. The van der Waals surface area contributed by atoms with Crippen LogP contribution in [0.4, 0.5) is 0 Å². The molecule has 76 valence electrons. The number of hydrogen-bond donors (Lipinski definition) is 2. The van der Waals surface area contributed by atoms with E-state index in [-0.39, 0.29) is 18.6 Å². The molecule has 0 aliphatic carbocycles. The highest BCUT2D eigenvalue weighted by Crippen LogP contribution is 2.02. The summed E-state index contributed by atoms with van der Waals surface area (Å²) in [6.45, 7) is 3.36. The number of hydrogen-bond acceptors (Lipinski definition) is 4. The predicted molar refractivity (Wildman–Crippen MR) is 50.1 cm³/mol. The summed E-state index contributed by atoms with van der Waals surface area (Å²) in [4.78, 5) is 0. The quantitative estimate of drug-likeness (QED) is 0.555. The molecule has 0 aliphatic heterocycles. The number of aliphatic hydroxyl groups excluding tert-OH is 1. The lowest BCUT2D eigenvalue weighted by Crippen LogP contribution is -2.36. The van der Waals surface area contributed by atoms with Gasteiger partial charge in [-0.3, -0.25) is 0 Å². The van der Waals surface area contributed by atoms with Crippen LogP contribution in [0, 0.1) is 17.2 Å². The minimum Gasteiger partial charge on any atom is -0.396 e. The molecule has 0 aromatic heterocycles. The van der Waals surface area contributed by atoms with E-state index in [1.165, 1.54) is 0 Å². The Balaban J connectivity index is 3.68. The molecule has 0 aromatic carbocycles. The number of rotatable bonds is 7. The lowest BCUT2D eigenvalue weighted by atomic mass is 10.0. The van der Waals surface area contributed by atoms with Gasteiger partial charge in [0.05, 0.1) is 12.7 Å². The average molecular weight is 186 g/mol. The Hall–Kier alpha value is -0.630. The number of ether oxygens (including phenoxy) is 1. The van der Waals surface area contributed by atoms with E-state index >= 15 is 0 Å². The van der Waals surface area contributed by atoms with E-state index in [1.54, 1.807) is 7.11 Å². The standard InChI is InChI=1S/C9H18N2O2/c1-8(7-13-2)9(6-10)11-4-3-5-12/h8-9,11-12H,3-5,7H2,1-2H3. The molecular formula is C9H18N2O2. The Bertz CT molecular complexity index is 156. The van der Waals surface area contributed by atoms with E-state index in [0.29, 0.717) is 19.6 Å². The third-order valence-corrected chi connectivity index (χ3v) is 1.84. The van der Waals surface area contributed by atoms with Crippen molar-refractivity contribution in [2.45, 2.75) is 19.4 Å². The minimum atomic E-state index is -0.188. The lowest BCUT2D eigenvalue weighted by molar-refractivity contribution is 0.148. The second-order valence-electron chi connectivity index (χ2n) is 3.07. The summed E-state index contributed by atoms with van der Waals surface area (Å²) < 4.78 is 4.95. The van der Waals surface area contributed by atoms with E-state index in [2.05, 4.69) is 11.4 Å². The third kappa shape index (κ3) is 5.58. The Morgan fingerprint density at radius 2 is 2.31 bits per heavy atom. The maximum Gasteiger partial charge on any atom is 0.100 e. The summed E-state index contributed by atoms with van der Waals surface area (Å²) in [7, 11) is 1.62. The normalized spacial score (nSPS) is 14.9. The molecule has 2 unspecified atom stereocenters. The van der Waals surface area contributed by atoms with Gasteiger partial charge in [-0.25, -0.2) is 0 Å². The largest absolute Gasteiger partial charge is 0.396 e. The molecule has 0 radical (unpaired) electrons. The van der Waals surface area contributed by atoms with Crippen molar-refractivity contribution in [2.75, 3.05) is 26.9 Å². The topological polar surface area (TPSA) is 65.3 Å². The predicted octanol–water partition coefficient (Wildman–Crippen LogP) is 0.133. The van der Waals surface area contributed by atoms with Crippen molar-refractivity contribution in [3.63, 3.8) is 0 Å². The van der Waals surface area contributed by atoms with Crippen LogP contribution in [-0.4, -0.2) is 38.0 Å². The molecule has 13 heavy (non-hydrogen) atoms. The summed E-state index contributed by atoms with van der Waals surface area (Å²) in [5, 5.41) is 20.4. The molecule has 0 saturated carbocycles. The van der Waals surface area contributed by atoms with Gasteiger partial charge in [-0.05, 0) is 13.0 Å². The summed E-state index contributed by atoms with van der Waals surface area (Å²) in [5.74, 6) is 0.175. The van der Waals surface area contributed by atoms with Gasteiger partial charge in [-0.2, -0.15) is 5.26 Å². The maximum atomic E-state index is 8.79. The average Bonchev–Trinajstić information content (AvgIpc) is 2.13. The molecule has 2 atom stereocenters. The second kappa shape index (κ2) is 7.99. The Morgan fingerprint density at radius 3 is 2.77 bits per heavy atom. The Labute approximate surface area is 79.5 Å². The van der Waals surface area contributed by atoms with E-state index in [0.717, 1.165) is 0 Å². The molecule has 0 aromatic rings. The smallest absolute Gasteiger partial charge is 0.100 e. The van der Waals surface area contributed by atoms with E-state index in [4.69, 9.17) is 15.1 Å². The SMILES string of the molecule is COCC(C)C(C#N)NCCCO. The van der Waals surface area contributed by atoms with E-state index < -0.39 is 0 Å². The first-order valence-corrected chi connectivity index (χ1v) is 4.49. The molecule has 0 saturated heterocycles. The molecule has 0 spiro atoms. The molecule has 0 amide bonds. The lowest BCUT2D eigenvalue weighted by Gasteiger charge is -2.17. The van der Waals surface area contributed by atoms with E-state index in [1.807, 2.05) is 6.92 Å². The van der Waals surface area contributed by atoms with Crippen molar-refractivity contribution in [3.8, 4) is 6.07 Å². The van der Waals surface area contributed by atoms with Gasteiger partial charge < -0.3 is 15.2 Å². The van der Waals surface area contributed by atoms with Crippen LogP contribution < -0.4 is 5.32 Å². The highest BCUT2D eigenvalue weighted by molar-refractivity contribution is 4.93. The van der Waals surface area contributed by atoms with Crippen LogP contribution in [0.3, 0.4) is 0 Å². The van der Waals surface area contributed by atoms with Gasteiger partial charge in [-0.1, -0.05) is 6.92 Å². The van der Waals surface area contributed by atoms with Crippen molar-refractivity contribution in [1.29, 1.82) is 5.26 Å². The highest BCUT2D eigenvalue weighted by atomic mass is 16.5. The summed E-state index contributed by atoms with van der Waals surface area (Å²) >= 11 is 0. The van der Waals surface area contributed by atoms with Gasteiger partial charge >= 0.3 is 0 Å². The molecular weight excluding hydrogens is 168 g/mol. The molecule has 0 fully saturated rings.